The predicted molar refractivity (Wildman–Crippen MR) is 42.7 cm³/mol. The summed E-state index contributed by atoms with van der Waals surface area (Å²) in [6, 6.07) is -1.20. The zero-order valence-corrected chi connectivity index (χ0v) is 10.7. The van der Waals surface area contributed by atoms with Gasteiger partial charge in [-0.1, -0.05) is 6.42 Å². The van der Waals surface area contributed by atoms with E-state index in [9.17, 15) is 23.1 Å². The smallest absolute Gasteiger partial charge is 0.748 e. The fourth-order valence-corrected chi connectivity index (χ4v) is 2.73. The van der Waals surface area contributed by atoms with Gasteiger partial charge in [-0.25, -0.2) is 8.42 Å². The summed E-state index contributed by atoms with van der Waals surface area (Å²) < 4.78 is 31.9. The van der Waals surface area contributed by atoms with Crippen LogP contribution in [0.1, 0.15) is 25.7 Å². The van der Waals surface area contributed by atoms with Gasteiger partial charge in [-0.3, -0.25) is 10.1 Å². The maximum Gasteiger partial charge on any atom is 1.00 e. The monoisotopic (exact) mass is 231 g/mol. The first-order valence-electron chi connectivity index (χ1n) is 4.01. The molecule has 0 aromatic rings. The summed E-state index contributed by atoms with van der Waals surface area (Å²) in [5, 5.41) is 9.09. The molecule has 1 saturated carbocycles. The van der Waals surface area contributed by atoms with E-state index in [1.807, 2.05) is 0 Å². The molecule has 2 atom stereocenters. The normalized spacial score (nSPS) is 27.8. The minimum absolute atomic E-state index is 0. The summed E-state index contributed by atoms with van der Waals surface area (Å²) in [4.78, 5) is 9.76. The molecule has 1 fully saturated rings. The molecular formula is C6H10NNaO5S. The van der Waals surface area contributed by atoms with Crippen molar-refractivity contribution < 1.29 is 47.5 Å². The Morgan fingerprint density at radius 1 is 1.21 bits per heavy atom. The quantitative estimate of drug-likeness (QED) is 0.220. The predicted octanol–water partition coefficient (Wildman–Crippen LogP) is -2.88. The minimum atomic E-state index is -4.51. The zero-order valence-electron chi connectivity index (χ0n) is 7.88. The van der Waals surface area contributed by atoms with E-state index in [-0.39, 0.29) is 42.4 Å². The minimum Gasteiger partial charge on any atom is -0.748 e. The molecule has 0 aromatic carbocycles. The molecule has 0 N–H and O–H groups in total. The Bertz CT molecular complexity index is 303. The molecule has 0 radical (unpaired) electrons. The van der Waals surface area contributed by atoms with Crippen LogP contribution >= 0.6 is 0 Å². The largest absolute Gasteiger partial charge is 1.00 e. The molecule has 0 bridgehead atoms. The molecule has 8 heteroatoms. The van der Waals surface area contributed by atoms with Gasteiger partial charge in [0.15, 0.2) is 0 Å². The molecule has 1 aliphatic rings. The van der Waals surface area contributed by atoms with E-state index < -0.39 is 26.3 Å². The molecule has 1 rings (SSSR count). The average Bonchev–Trinajstić information content (AvgIpc) is 2.03. The van der Waals surface area contributed by atoms with E-state index in [1.54, 1.807) is 0 Å². The van der Waals surface area contributed by atoms with Gasteiger partial charge in [-0.15, -0.1) is 0 Å². The Balaban J connectivity index is 0.00000169. The molecule has 0 aromatic heterocycles. The Labute approximate surface area is 104 Å². The van der Waals surface area contributed by atoms with Crippen LogP contribution in [-0.2, 0) is 10.1 Å². The standard InChI is InChI=1S/C6H11NO5S.Na/c8-7(9)5-3-1-2-4-6(5)13(10,11)12;/h5-6H,1-4H2,(H,10,11,12);/q;+1/p-1. The first-order chi connectivity index (χ1) is 5.93. The summed E-state index contributed by atoms with van der Waals surface area (Å²) in [7, 11) is -4.51. The topological polar surface area (TPSA) is 100 Å². The molecule has 1 aliphatic carbocycles. The van der Waals surface area contributed by atoms with E-state index in [4.69, 9.17) is 0 Å². The molecule has 14 heavy (non-hydrogen) atoms. The molecule has 0 saturated heterocycles. The fourth-order valence-electron chi connectivity index (χ4n) is 1.66. The van der Waals surface area contributed by atoms with Gasteiger partial charge in [0.25, 0.3) is 0 Å². The molecular weight excluding hydrogens is 221 g/mol. The van der Waals surface area contributed by atoms with Crippen molar-refractivity contribution in [1.82, 2.24) is 0 Å². The first-order valence-corrected chi connectivity index (χ1v) is 5.48. The third-order valence-corrected chi connectivity index (χ3v) is 3.60. The number of rotatable bonds is 2. The maximum absolute atomic E-state index is 10.6. The second-order valence-corrected chi connectivity index (χ2v) is 4.76. The number of hydrogen-bond acceptors (Lipinski definition) is 5. The van der Waals surface area contributed by atoms with E-state index in [0.29, 0.717) is 12.8 Å². The van der Waals surface area contributed by atoms with Crippen LogP contribution in [0, 0.1) is 10.1 Å². The third kappa shape index (κ3) is 3.47. The number of nitro groups is 1. The molecule has 6 nitrogen and oxygen atoms in total. The van der Waals surface area contributed by atoms with Crippen molar-refractivity contribution in [2.45, 2.75) is 37.0 Å². The van der Waals surface area contributed by atoms with Crippen LogP contribution < -0.4 is 29.6 Å². The second kappa shape index (κ2) is 5.41. The number of nitrogens with zero attached hydrogens (tertiary/aromatic N) is 1. The van der Waals surface area contributed by atoms with Crippen molar-refractivity contribution in [3.8, 4) is 0 Å². The van der Waals surface area contributed by atoms with Crippen LogP contribution in [0.25, 0.3) is 0 Å². The summed E-state index contributed by atoms with van der Waals surface area (Å²) in [6.45, 7) is 0. The van der Waals surface area contributed by atoms with Crippen molar-refractivity contribution in [1.29, 1.82) is 0 Å². The molecule has 0 aliphatic heterocycles. The Kier molecular flexibility index (Phi) is 5.53. The van der Waals surface area contributed by atoms with Crippen LogP contribution in [0.4, 0.5) is 0 Å². The summed E-state index contributed by atoms with van der Waals surface area (Å²) >= 11 is 0. The second-order valence-electron chi connectivity index (χ2n) is 3.17. The van der Waals surface area contributed by atoms with Gasteiger partial charge in [0, 0.05) is 11.3 Å². The van der Waals surface area contributed by atoms with Crippen molar-refractivity contribution >= 4 is 10.1 Å². The molecule has 2 unspecified atom stereocenters. The maximum atomic E-state index is 10.6. The fraction of sp³-hybridized carbons (Fsp3) is 1.00. The van der Waals surface area contributed by atoms with Gasteiger partial charge in [0.2, 0.25) is 6.04 Å². The Hall–Kier alpha value is 0.310. The first kappa shape index (κ1) is 14.3. The van der Waals surface area contributed by atoms with Crippen molar-refractivity contribution in [2.75, 3.05) is 0 Å². The van der Waals surface area contributed by atoms with Gasteiger partial charge in [-0.2, -0.15) is 0 Å². The zero-order chi connectivity index (χ0) is 10.1. The van der Waals surface area contributed by atoms with Crippen molar-refractivity contribution in [3.05, 3.63) is 10.1 Å². The third-order valence-electron chi connectivity index (χ3n) is 2.31. The van der Waals surface area contributed by atoms with E-state index >= 15 is 0 Å². The van der Waals surface area contributed by atoms with E-state index in [0.717, 1.165) is 0 Å². The molecule has 76 valence electrons. The number of hydrogen-bond donors (Lipinski definition) is 0. The summed E-state index contributed by atoms with van der Waals surface area (Å²) in [6.07, 6.45) is 1.52. The van der Waals surface area contributed by atoms with Gasteiger partial charge in [0.05, 0.1) is 0 Å². The van der Waals surface area contributed by atoms with Gasteiger partial charge >= 0.3 is 29.6 Å². The summed E-state index contributed by atoms with van der Waals surface area (Å²) in [5.41, 5.74) is 0. The van der Waals surface area contributed by atoms with E-state index in [1.165, 1.54) is 0 Å². The van der Waals surface area contributed by atoms with Crippen LogP contribution in [0.2, 0.25) is 0 Å². The van der Waals surface area contributed by atoms with Crippen molar-refractivity contribution in [3.63, 3.8) is 0 Å². The van der Waals surface area contributed by atoms with Crippen LogP contribution in [0.15, 0.2) is 0 Å². The SMILES string of the molecule is O=[N+]([O-])C1CCCCC1S(=O)(=O)[O-].[Na+]. The van der Waals surface area contributed by atoms with Crippen molar-refractivity contribution in [2.24, 2.45) is 0 Å². The van der Waals surface area contributed by atoms with Crippen LogP contribution in [0.3, 0.4) is 0 Å². The molecule has 0 heterocycles. The summed E-state index contributed by atoms with van der Waals surface area (Å²) in [5.74, 6) is 0. The van der Waals surface area contributed by atoms with Crippen LogP contribution in [-0.4, -0.2) is 29.2 Å². The average molecular weight is 231 g/mol. The Morgan fingerprint density at radius 2 is 1.71 bits per heavy atom. The molecule has 0 amide bonds. The van der Waals surface area contributed by atoms with Crippen LogP contribution in [0.5, 0.6) is 0 Å². The Morgan fingerprint density at radius 3 is 2.07 bits per heavy atom. The van der Waals surface area contributed by atoms with Gasteiger partial charge < -0.3 is 4.55 Å². The van der Waals surface area contributed by atoms with Gasteiger partial charge in [0.1, 0.15) is 15.4 Å². The van der Waals surface area contributed by atoms with E-state index in [2.05, 4.69) is 0 Å². The van der Waals surface area contributed by atoms with Gasteiger partial charge in [-0.05, 0) is 12.8 Å². The molecule has 0 spiro atoms.